The first-order valence-electron chi connectivity index (χ1n) is 7.90. The van der Waals surface area contributed by atoms with Crippen molar-refractivity contribution in [2.24, 2.45) is 5.92 Å². The van der Waals surface area contributed by atoms with Gasteiger partial charge < -0.3 is 4.98 Å². The van der Waals surface area contributed by atoms with Gasteiger partial charge in [-0.05, 0) is 30.7 Å². The van der Waals surface area contributed by atoms with Crippen LogP contribution in [0.4, 0.5) is 10.1 Å². The molecule has 0 unspecified atom stereocenters. The lowest BCUT2D eigenvalue weighted by Gasteiger charge is -2.38. The number of nitrogens with one attached hydrogen (secondary N) is 1. The number of fused-ring (bicyclic) bond motifs is 2. The summed E-state index contributed by atoms with van der Waals surface area (Å²) in [4.78, 5) is 42.5. The lowest BCUT2D eigenvalue weighted by molar-refractivity contribution is -0.123. The number of imide groups is 1. The molecule has 0 aliphatic carbocycles. The van der Waals surface area contributed by atoms with Crippen LogP contribution in [0.3, 0.4) is 0 Å². The topological polar surface area (TPSA) is 70.2 Å². The molecule has 25 heavy (non-hydrogen) atoms. The van der Waals surface area contributed by atoms with Crippen molar-refractivity contribution < 1.29 is 14.0 Å². The SMILES string of the molecule is CC[C@@]1(C)c2sc(=O)[nH]c2S[C@@H]2C(=O)N(c3ccc(F)cc3)C(=O)[C@@H]21. The number of benzene rings is 1. The number of rotatable bonds is 2. The molecule has 2 aliphatic rings. The van der Waals surface area contributed by atoms with E-state index in [1.54, 1.807) is 0 Å². The van der Waals surface area contributed by atoms with Crippen LogP contribution in [-0.2, 0) is 15.0 Å². The van der Waals surface area contributed by atoms with E-state index in [-0.39, 0.29) is 16.7 Å². The molecule has 2 aliphatic heterocycles. The highest BCUT2D eigenvalue weighted by Crippen LogP contribution is 2.55. The molecule has 3 heterocycles. The number of hydrogen-bond donors (Lipinski definition) is 1. The van der Waals surface area contributed by atoms with Gasteiger partial charge in [0.2, 0.25) is 11.8 Å². The number of halogens is 1. The molecule has 0 spiro atoms. The summed E-state index contributed by atoms with van der Waals surface area (Å²) in [6.45, 7) is 3.89. The Morgan fingerprint density at radius 1 is 1.20 bits per heavy atom. The molecule has 2 aromatic rings. The summed E-state index contributed by atoms with van der Waals surface area (Å²) in [6.07, 6.45) is 0.631. The van der Waals surface area contributed by atoms with Crippen molar-refractivity contribution in [1.29, 1.82) is 0 Å². The summed E-state index contributed by atoms with van der Waals surface area (Å²) in [7, 11) is 0. The maximum absolute atomic E-state index is 13.2. The molecular weight excluding hydrogens is 363 g/mol. The van der Waals surface area contributed by atoms with Crippen LogP contribution < -0.4 is 9.77 Å². The van der Waals surface area contributed by atoms with E-state index in [9.17, 15) is 18.8 Å². The van der Waals surface area contributed by atoms with Crippen LogP contribution in [0.15, 0.2) is 34.1 Å². The predicted molar refractivity (Wildman–Crippen MR) is 94.6 cm³/mol. The Kier molecular flexibility index (Phi) is 3.66. The summed E-state index contributed by atoms with van der Waals surface area (Å²) in [5, 5.41) is 0.1000. The quantitative estimate of drug-likeness (QED) is 0.816. The molecule has 5 nitrogen and oxygen atoms in total. The lowest BCUT2D eigenvalue weighted by Crippen LogP contribution is -2.43. The van der Waals surface area contributed by atoms with E-state index in [4.69, 9.17) is 0 Å². The van der Waals surface area contributed by atoms with E-state index in [1.807, 2.05) is 13.8 Å². The number of thioether (sulfide) groups is 1. The van der Waals surface area contributed by atoms with Crippen LogP contribution in [-0.4, -0.2) is 22.0 Å². The smallest absolute Gasteiger partial charge is 0.305 e. The van der Waals surface area contributed by atoms with Crippen LogP contribution in [0.5, 0.6) is 0 Å². The number of aromatic amines is 1. The summed E-state index contributed by atoms with van der Waals surface area (Å²) in [6, 6.07) is 5.35. The van der Waals surface area contributed by atoms with Gasteiger partial charge in [-0.3, -0.25) is 14.4 Å². The molecule has 1 aromatic heterocycles. The number of nitrogens with zero attached hydrogens (tertiary/aromatic N) is 1. The van der Waals surface area contributed by atoms with E-state index in [2.05, 4.69) is 4.98 Å². The van der Waals surface area contributed by atoms with Gasteiger partial charge in [0.25, 0.3) is 0 Å². The van der Waals surface area contributed by atoms with Gasteiger partial charge >= 0.3 is 4.87 Å². The standard InChI is InChI=1S/C17H15FN2O3S2/c1-3-17(2)10-11(24-13-12(17)25-16(23)19-13)15(22)20(14(10)21)9-6-4-8(18)5-7-9/h4-7,10-11H,3H2,1-2H3,(H,19,23)/t10-,11+,17-/m1/s1. The Balaban J connectivity index is 1.83. The van der Waals surface area contributed by atoms with Crippen molar-refractivity contribution in [2.75, 3.05) is 4.90 Å². The van der Waals surface area contributed by atoms with E-state index >= 15 is 0 Å². The van der Waals surface area contributed by atoms with Crippen LogP contribution >= 0.6 is 23.1 Å². The van der Waals surface area contributed by atoms with Crippen LogP contribution in [0, 0.1) is 11.7 Å². The maximum Gasteiger partial charge on any atom is 0.305 e. The van der Waals surface area contributed by atoms with E-state index in [1.165, 1.54) is 36.0 Å². The van der Waals surface area contributed by atoms with E-state index in [0.717, 1.165) is 21.1 Å². The van der Waals surface area contributed by atoms with Crippen molar-refractivity contribution in [3.63, 3.8) is 0 Å². The van der Waals surface area contributed by atoms with Crippen molar-refractivity contribution >= 4 is 40.6 Å². The highest BCUT2D eigenvalue weighted by Gasteiger charge is 2.60. The van der Waals surface area contributed by atoms with Crippen LogP contribution in [0.25, 0.3) is 0 Å². The number of thiazole rings is 1. The summed E-state index contributed by atoms with van der Waals surface area (Å²) < 4.78 is 13.2. The Bertz CT molecular complexity index is 936. The molecule has 1 saturated heterocycles. The number of H-pyrrole nitrogens is 1. The molecule has 1 fully saturated rings. The fourth-order valence-electron chi connectivity index (χ4n) is 3.64. The van der Waals surface area contributed by atoms with Crippen molar-refractivity contribution in [2.45, 2.75) is 36.0 Å². The number of anilines is 1. The van der Waals surface area contributed by atoms with Gasteiger partial charge in [0.1, 0.15) is 11.1 Å². The minimum Gasteiger partial charge on any atom is -0.307 e. The Morgan fingerprint density at radius 2 is 1.88 bits per heavy atom. The molecule has 1 aromatic carbocycles. The highest BCUT2D eigenvalue weighted by molar-refractivity contribution is 8.00. The number of carbonyl (C=O) groups is 2. The van der Waals surface area contributed by atoms with Crippen molar-refractivity contribution in [3.8, 4) is 0 Å². The fraction of sp³-hybridized carbons (Fsp3) is 0.353. The Morgan fingerprint density at radius 3 is 2.52 bits per heavy atom. The maximum atomic E-state index is 13.2. The highest BCUT2D eigenvalue weighted by atomic mass is 32.2. The zero-order valence-electron chi connectivity index (χ0n) is 13.5. The van der Waals surface area contributed by atoms with Gasteiger partial charge in [-0.25, -0.2) is 9.29 Å². The number of carbonyl (C=O) groups excluding carboxylic acids is 2. The van der Waals surface area contributed by atoms with Gasteiger partial charge in [0, 0.05) is 10.3 Å². The second-order valence-corrected chi connectivity index (χ2v) is 8.58. The molecule has 4 rings (SSSR count). The van der Waals surface area contributed by atoms with Gasteiger partial charge in [0.05, 0.1) is 16.6 Å². The molecule has 130 valence electrons. The average Bonchev–Trinajstić information content (AvgIpc) is 3.08. The summed E-state index contributed by atoms with van der Waals surface area (Å²) in [5.41, 5.74) is -0.210. The lowest BCUT2D eigenvalue weighted by atomic mass is 9.72. The number of hydrogen-bond acceptors (Lipinski definition) is 5. The summed E-state index contributed by atoms with van der Waals surface area (Å²) in [5.74, 6) is -1.57. The minimum atomic E-state index is -0.587. The van der Waals surface area contributed by atoms with Gasteiger partial charge in [0.15, 0.2) is 0 Å². The van der Waals surface area contributed by atoms with E-state index < -0.39 is 22.4 Å². The molecule has 1 N–H and O–H groups in total. The van der Waals surface area contributed by atoms with Gasteiger partial charge in [-0.15, -0.1) is 0 Å². The third-order valence-electron chi connectivity index (χ3n) is 5.14. The average molecular weight is 378 g/mol. The van der Waals surface area contributed by atoms with Crippen LogP contribution in [0.1, 0.15) is 25.1 Å². The predicted octanol–water partition coefficient (Wildman–Crippen LogP) is 2.91. The van der Waals surface area contributed by atoms with E-state index in [0.29, 0.717) is 17.1 Å². The van der Waals surface area contributed by atoms with Gasteiger partial charge in [-0.1, -0.05) is 36.9 Å². The van der Waals surface area contributed by atoms with Gasteiger partial charge in [-0.2, -0.15) is 0 Å². The molecule has 0 bridgehead atoms. The number of aromatic nitrogens is 1. The Labute approximate surface area is 151 Å². The first kappa shape index (κ1) is 16.5. The molecule has 3 atom stereocenters. The fourth-order valence-corrected chi connectivity index (χ4v) is 6.46. The van der Waals surface area contributed by atoms with Crippen molar-refractivity contribution in [3.05, 3.63) is 44.6 Å². The zero-order chi connectivity index (χ0) is 17.9. The molecular formula is C17H15FN2O3S2. The third-order valence-corrected chi connectivity index (χ3v) is 7.70. The minimum absolute atomic E-state index is 0.174. The second kappa shape index (κ2) is 5.54. The largest absolute Gasteiger partial charge is 0.307 e. The first-order valence-corrected chi connectivity index (χ1v) is 9.60. The second-order valence-electron chi connectivity index (χ2n) is 6.45. The number of amides is 2. The molecule has 2 amide bonds. The van der Waals surface area contributed by atoms with Crippen LogP contribution in [0.2, 0.25) is 0 Å². The summed E-state index contributed by atoms with van der Waals surface area (Å²) >= 11 is 2.36. The molecule has 8 heteroatoms. The zero-order valence-corrected chi connectivity index (χ0v) is 15.2. The molecule has 0 saturated carbocycles. The Hall–Kier alpha value is -1.93. The third kappa shape index (κ3) is 2.23. The first-order chi connectivity index (χ1) is 11.9. The monoisotopic (exact) mass is 378 g/mol. The van der Waals surface area contributed by atoms with Crippen molar-refractivity contribution in [1.82, 2.24) is 4.98 Å². The molecule has 0 radical (unpaired) electrons. The normalized spacial score (nSPS) is 28.2.